The van der Waals surface area contributed by atoms with E-state index < -0.39 is 0 Å². The van der Waals surface area contributed by atoms with Crippen LogP contribution in [0.3, 0.4) is 0 Å². The van der Waals surface area contributed by atoms with Crippen LogP contribution in [0.15, 0.2) is 23.2 Å². The fraction of sp³-hybridized carbons (Fsp3) is 0.625. The van der Waals surface area contributed by atoms with E-state index in [9.17, 15) is 0 Å². The van der Waals surface area contributed by atoms with Gasteiger partial charge in [0.25, 0.3) is 0 Å². The maximum Gasteiger partial charge on any atom is 0.191 e. The zero-order valence-electron chi connectivity index (χ0n) is 14.6. The summed E-state index contributed by atoms with van der Waals surface area (Å²) < 4.78 is 5.33. The first-order chi connectivity index (χ1) is 10.7. The largest absolute Gasteiger partial charge is 0.382 e. The summed E-state index contributed by atoms with van der Waals surface area (Å²) in [6.45, 7) is 7.84. The van der Waals surface area contributed by atoms with Crippen molar-refractivity contribution in [3.63, 3.8) is 0 Å². The number of nitrogens with one attached hydrogen (secondary N) is 2. The quantitative estimate of drug-likeness (QED) is 0.270. The van der Waals surface area contributed by atoms with Gasteiger partial charge in [0.15, 0.2) is 5.96 Å². The van der Waals surface area contributed by atoms with Gasteiger partial charge in [0.1, 0.15) is 5.82 Å². The van der Waals surface area contributed by atoms with E-state index in [1.54, 1.807) is 0 Å². The molecule has 0 radical (unpaired) electrons. The first-order valence-electron chi connectivity index (χ1n) is 7.90. The van der Waals surface area contributed by atoms with E-state index in [-0.39, 0.29) is 24.0 Å². The Hall–Kier alpha value is -1.09. The van der Waals surface area contributed by atoms with Crippen LogP contribution < -0.4 is 15.5 Å². The van der Waals surface area contributed by atoms with Gasteiger partial charge in [-0.05, 0) is 32.4 Å². The minimum absolute atomic E-state index is 0. The van der Waals surface area contributed by atoms with Gasteiger partial charge in [0.05, 0.1) is 12.2 Å². The number of aromatic nitrogens is 1. The van der Waals surface area contributed by atoms with Gasteiger partial charge in [0.2, 0.25) is 0 Å². The molecular formula is C16H30IN5O. The molecule has 0 aliphatic heterocycles. The third-order valence-corrected chi connectivity index (χ3v) is 2.96. The average molecular weight is 435 g/mol. The van der Waals surface area contributed by atoms with Crippen LogP contribution in [0.2, 0.25) is 0 Å². The molecule has 0 fully saturated rings. The summed E-state index contributed by atoms with van der Waals surface area (Å²) in [6, 6.07) is 6.00. The summed E-state index contributed by atoms with van der Waals surface area (Å²) in [5.41, 5.74) is 0.956. The molecule has 7 heteroatoms. The van der Waals surface area contributed by atoms with Gasteiger partial charge in [-0.15, -0.1) is 24.0 Å². The van der Waals surface area contributed by atoms with Gasteiger partial charge < -0.3 is 20.3 Å². The van der Waals surface area contributed by atoms with Gasteiger partial charge >= 0.3 is 0 Å². The summed E-state index contributed by atoms with van der Waals surface area (Å²) >= 11 is 0. The van der Waals surface area contributed by atoms with Crippen molar-refractivity contribution < 1.29 is 4.74 Å². The third kappa shape index (κ3) is 9.60. The summed E-state index contributed by atoms with van der Waals surface area (Å²) in [4.78, 5) is 11.1. The molecule has 0 saturated heterocycles. The molecule has 1 heterocycles. The SMILES string of the molecule is CCNC(=NCc1cccc(N(C)C)n1)NCCCOCC.I. The van der Waals surface area contributed by atoms with Gasteiger partial charge in [0, 0.05) is 40.4 Å². The molecule has 1 aromatic rings. The number of hydrogen-bond donors (Lipinski definition) is 2. The summed E-state index contributed by atoms with van der Waals surface area (Å²) in [5, 5.41) is 6.55. The van der Waals surface area contributed by atoms with Crippen molar-refractivity contribution in [3.05, 3.63) is 23.9 Å². The van der Waals surface area contributed by atoms with Crippen LogP contribution in [-0.4, -0.2) is 51.3 Å². The van der Waals surface area contributed by atoms with Crippen molar-refractivity contribution in [1.82, 2.24) is 15.6 Å². The average Bonchev–Trinajstić information content (AvgIpc) is 2.52. The van der Waals surface area contributed by atoms with Crippen LogP contribution in [0, 0.1) is 0 Å². The highest BCUT2D eigenvalue weighted by molar-refractivity contribution is 14.0. The second-order valence-corrected chi connectivity index (χ2v) is 5.05. The topological polar surface area (TPSA) is 61.8 Å². The van der Waals surface area contributed by atoms with E-state index in [4.69, 9.17) is 4.74 Å². The first-order valence-corrected chi connectivity index (χ1v) is 7.90. The first kappa shape index (κ1) is 21.9. The lowest BCUT2D eigenvalue weighted by atomic mass is 10.3. The number of hydrogen-bond acceptors (Lipinski definition) is 4. The Morgan fingerprint density at radius 2 is 2.04 bits per heavy atom. The second kappa shape index (κ2) is 13.4. The fourth-order valence-electron chi connectivity index (χ4n) is 1.83. The Morgan fingerprint density at radius 1 is 1.26 bits per heavy atom. The number of anilines is 1. The molecule has 0 aliphatic rings. The Balaban J connectivity index is 0.00000484. The minimum Gasteiger partial charge on any atom is -0.382 e. The van der Waals surface area contributed by atoms with E-state index >= 15 is 0 Å². The molecule has 0 saturated carbocycles. The Kier molecular flexibility index (Phi) is 12.7. The van der Waals surface area contributed by atoms with Crippen molar-refractivity contribution in [2.45, 2.75) is 26.8 Å². The smallest absolute Gasteiger partial charge is 0.191 e. The summed E-state index contributed by atoms with van der Waals surface area (Å²) in [6.07, 6.45) is 0.965. The lowest BCUT2D eigenvalue weighted by molar-refractivity contribution is 0.145. The molecule has 1 aromatic heterocycles. The van der Waals surface area contributed by atoms with Gasteiger partial charge in [-0.25, -0.2) is 9.98 Å². The summed E-state index contributed by atoms with van der Waals surface area (Å²) in [5.74, 6) is 1.76. The molecule has 0 spiro atoms. The fourth-order valence-corrected chi connectivity index (χ4v) is 1.83. The van der Waals surface area contributed by atoms with Crippen LogP contribution >= 0.6 is 24.0 Å². The molecule has 0 aliphatic carbocycles. The number of halogens is 1. The van der Waals surface area contributed by atoms with Crippen LogP contribution in [-0.2, 0) is 11.3 Å². The van der Waals surface area contributed by atoms with Crippen molar-refractivity contribution in [3.8, 4) is 0 Å². The highest BCUT2D eigenvalue weighted by Crippen LogP contribution is 2.08. The third-order valence-electron chi connectivity index (χ3n) is 2.96. The van der Waals surface area contributed by atoms with Crippen LogP contribution in [0.5, 0.6) is 0 Å². The predicted molar refractivity (Wildman–Crippen MR) is 108 cm³/mol. The van der Waals surface area contributed by atoms with Crippen molar-refractivity contribution in [2.24, 2.45) is 4.99 Å². The van der Waals surface area contributed by atoms with Gasteiger partial charge in [-0.2, -0.15) is 0 Å². The number of nitrogens with zero attached hydrogens (tertiary/aromatic N) is 3. The molecule has 0 bridgehead atoms. The van der Waals surface area contributed by atoms with Crippen molar-refractivity contribution in [2.75, 3.05) is 45.3 Å². The predicted octanol–water partition coefficient (Wildman–Crippen LogP) is 2.25. The van der Waals surface area contributed by atoms with Gasteiger partial charge in [-0.3, -0.25) is 0 Å². The monoisotopic (exact) mass is 435 g/mol. The van der Waals surface area contributed by atoms with E-state index in [1.165, 1.54) is 0 Å². The van der Waals surface area contributed by atoms with Crippen molar-refractivity contribution >= 4 is 35.8 Å². The lowest BCUT2D eigenvalue weighted by Crippen LogP contribution is -2.38. The molecule has 1 rings (SSSR count). The van der Waals surface area contributed by atoms with Crippen LogP contribution in [0.4, 0.5) is 5.82 Å². The van der Waals surface area contributed by atoms with E-state index in [2.05, 4.69) is 27.5 Å². The normalized spacial score (nSPS) is 10.9. The molecule has 0 aromatic carbocycles. The zero-order valence-corrected chi connectivity index (χ0v) is 17.0. The van der Waals surface area contributed by atoms with E-state index in [0.29, 0.717) is 6.54 Å². The second-order valence-electron chi connectivity index (χ2n) is 5.05. The Labute approximate surface area is 157 Å². The molecular weight excluding hydrogens is 405 g/mol. The maximum atomic E-state index is 5.33. The Bertz CT molecular complexity index is 454. The molecule has 23 heavy (non-hydrogen) atoms. The van der Waals surface area contributed by atoms with Crippen LogP contribution in [0.25, 0.3) is 0 Å². The Morgan fingerprint density at radius 3 is 2.70 bits per heavy atom. The molecule has 0 unspecified atom stereocenters. The van der Waals surface area contributed by atoms with Crippen molar-refractivity contribution in [1.29, 1.82) is 0 Å². The van der Waals surface area contributed by atoms with Gasteiger partial charge in [-0.1, -0.05) is 6.07 Å². The molecule has 0 atom stereocenters. The van der Waals surface area contributed by atoms with E-state index in [0.717, 1.165) is 50.2 Å². The zero-order chi connectivity index (χ0) is 16.2. The summed E-state index contributed by atoms with van der Waals surface area (Å²) in [7, 11) is 3.97. The standard InChI is InChI=1S/C16H29N5O.HI/c1-5-17-16(18-11-8-12-22-6-2)19-13-14-9-7-10-15(20-14)21(3)4;/h7,9-10H,5-6,8,11-13H2,1-4H3,(H2,17,18,19);1H. The van der Waals surface area contributed by atoms with Crippen LogP contribution in [0.1, 0.15) is 26.0 Å². The molecule has 132 valence electrons. The molecule has 6 nitrogen and oxygen atoms in total. The molecule has 2 N–H and O–H groups in total. The number of rotatable bonds is 9. The lowest BCUT2D eigenvalue weighted by Gasteiger charge is -2.13. The number of ether oxygens (including phenoxy) is 1. The van der Waals surface area contributed by atoms with E-state index in [1.807, 2.05) is 44.1 Å². The highest BCUT2D eigenvalue weighted by atomic mass is 127. The number of aliphatic imine (C=N–C) groups is 1. The highest BCUT2D eigenvalue weighted by Gasteiger charge is 2.01. The molecule has 0 amide bonds. The maximum absolute atomic E-state index is 5.33. The number of guanidine groups is 1. The number of pyridine rings is 1. The minimum atomic E-state index is 0.